The van der Waals surface area contributed by atoms with Gasteiger partial charge in [0, 0.05) is 17.0 Å². The quantitative estimate of drug-likeness (QED) is 0.755. The van der Waals surface area contributed by atoms with Gasteiger partial charge in [-0.2, -0.15) is 0 Å². The molecule has 2 N–H and O–H groups in total. The van der Waals surface area contributed by atoms with Crippen molar-refractivity contribution < 1.29 is 14.0 Å². The van der Waals surface area contributed by atoms with Gasteiger partial charge in [-0.3, -0.25) is 4.84 Å². The lowest BCUT2D eigenvalue weighted by Gasteiger charge is -1.98. The average molecular weight is 193 g/mol. The summed E-state index contributed by atoms with van der Waals surface area (Å²) in [5.74, 6) is 5.77. The summed E-state index contributed by atoms with van der Waals surface area (Å²) in [5, 5.41) is 0.997. The number of methoxy groups -OCH3 is 1. The third-order valence-corrected chi connectivity index (χ3v) is 2.10. The molecule has 4 nitrogen and oxygen atoms in total. The van der Waals surface area contributed by atoms with Gasteiger partial charge in [0.1, 0.15) is 11.3 Å². The highest BCUT2D eigenvalue weighted by Crippen LogP contribution is 2.25. The fourth-order valence-corrected chi connectivity index (χ4v) is 1.39. The van der Waals surface area contributed by atoms with E-state index in [0.29, 0.717) is 6.61 Å². The Bertz CT molecular complexity index is 436. The van der Waals surface area contributed by atoms with Crippen molar-refractivity contribution in [2.45, 2.75) is 6.61 Å². The van der Waals surface area contributed by atoms with E-state index in [0.717, 1.165) is 22.3 Å². The smallest absolute Gasteiger partial charge is 0.137 e. The molecule has 0 radical (unpaired) electrons. The lowest BCUT2D eigenvalue weighted by molar-refractivity contribution is 0.124. The van der Waals surface area contributed by atoms with Gasteiger partial charge in [-0.05, 0) is 12.1 Å². The van der Waals surface area contributed by atoms with Crippen LogP contribution >= 0.6 is 0 Å². The molecule has 14 heavy (non-hydrogen) atoms. The van der Waals surface area contributed by atoms with Crippen molar-refractivity contribution in [1.29, 1.82) is 0 Å². The molecule has 0 saturated heterocycles. The zero-order chi connectivity index (χ0) is 9.97. The molecule has 0 bridgehead atoms. The lowest BCUT2D eigenvalue weighted by atomic mass is 10.2. The van der Waals surface area contributed by atoms with Gasteiger partial charge in [0.25, 0.3) is 0 Å². The molecule has 1 aromatic heterocycles. The Morgan fingerprint density at radius 1 is 1.43 bits per heavy atom. The molecule has 1 aromatic carbocycles. The van der Waals surface area contributed by atoms with Gasteiger partial charge in [-0.15, -0.1) is 0 Å². The minimum absolute atomic E-state index is 0.347. The van der Waals surface area contributed by atoms with Gasteiger partial charge in [-0.25, -0.2) is 5.90 Å². The van der Waals surface area contributed by atoms with Crippen LogP contribution in [0.3, 0.4) is 0 Å². The molecule has 0 saturated carbocycles. The zero-order valence-corrected chi connectivity index (χ0v) is 7.82. The number of furan rings is 1. The third kappa shape index (κ3) is 1.45. The summed E-state index contributed by atoms with van der Waals surface area (Å²) < 4.78 is 10.4. The van der Waals surface area contributed by atoms with Crippen LogP contribution in [0.15, 0.2) is 28.9 Å². The predicted octanol–water partition coefficient (Wildman–Crippen LogP) is 1.83. The Labute approximate surface area is 81.2 Å². The summed E-state index contributed by atoms with van der Waals surface area (Å²) >= 11 is 0. The largest absolute Gasteiger partial charge is 0.497 e. The molecule has 0 aliphatic rings. The van der Waals surface area contributed by atoms with E-state index in [9.17, 15) is 0 Å². The second kappa shape index (κ2) is 3.69. The van der Waals surface area contributed by atoms with E-state index >= 15 is 0 Å². The second-order valence-electron chi connectivity index (χ2n) is 2.93. The summed E-state index contributed by atoms with van der Waals surface area (Å²) in [4.78, 5) is 4.56. The molecular weight excluding hydrogens is 182 g/mol. The first kappa shape index (κ1) is 9.05. The highest BCUT2D eigenvalue weighted by Gasteiger charge is 2.06. The summed E-state index contributed by atoms with van der Waals surface area (Å²) in [6, 6.07) is 5.62. The van der Waals surface area contributed by atoms with Gasteiger partial charge in [0.15, 0.2) is 0 Å². The van der Waals surface area contributed by atoms with Crippen LogP contribution in [0.2, 0.25) is 0 Å². The molecule has 4 heteroatoms. The van der Waals surface area contributed by atoms with Crippen LogP contribution in [0.1, 0.15) is 5.56 Å². The number of benzene rings is 1. The van der Waals surface area contributed by atoms with Crippen molar-refractivity contribution in [1.82, 2.24) is 0 Å². The molecular formula is C10H11NO3. The molecule has 0 unspecified atom stereocenters. The molecule has 2 aromatic rings. The van der Waals surface area contributed by atoms with Crippen molar-refractivity contribution in [3.63, 3.8) is 0 Å². The molecule has 0 aliphatic carbocycles. The monoisotopic (exact) mass is 193 g/mol. The Morgan fingerprint density at radius 2 is 2.29 bits per heavy atom. The van der Waals surface area contributed by atoms with Gasteiger partial charge >= 0.3 is 0 Å². The molecule has 0 amide bonds. The Morgan fingerprint density at radius 3 is 3.00 bits per heavy atom. The van der Waals surface area contributed by atoms with Gasteiger partial charge in [0.05, 0.1) is 20.0 Å². The summed E-state index contributed by atoms with van der Waals surface area (Å²) in [5.41, 5.74) is 1.71. The Kier molecular flexibility index (Phi) is 2.39. The molecule has 0 aliphatic heterocycles. The minimum Gasteiger partial charge on any atom is -0.497 e. The van der Waals surface area contributed by atoms with Crippen molar-refractivity contribution in [3.8, 4) is 5.75 Å². The van der Waals surface area contributed by atoms with Gasteiger partial charge in [-0.1, -0.05) is 0 Å². The van der Waals surface area contributed by atoms with Crippen LogP contribution < -0.4 is 10.6 Å². The molecule has 2 rings (SSSR count). The van der Waals surface area contributed by atoms with Crippen LogP contribution in [0, 0.1) is 0 Å². The van der Waals surface area contributed by atoms with Crippen molar-refractivity contribution >= 4 is 11.0 Å². The third-order valence-electron chi connectivity index (χ3n) is 2.10. The SMILES string of the molecule is COc1ccc2c(CON)coc2c1. The Hall–Kier alpha value is -1.52. The molecule has 74 valence electrons. The van der Waals surface area contributed by atoms with Crippen molar-refractivity contribution in [2.75, 3.05) is 7.11 Å². The second-order valence-corrected chi connectivity index (χ2v) is 2.93. The van der Waals surface area contributed by atoms with E-state index in [-0.39, 0.29) is 0 Å². The standard InChI is InChI=1S/C10H11NO3/c1-12-8-2-3-9-7(6-14-11)5-13-10(9)4-8/h2-5H,6,11H2,1H3. The van der Waals surface area contributed by atoms with E-state index in [1.54, 1.807) is 13.4 Å². The minimum atomic E-state index is 0.347. The van der Waals surface area contributed by atoms with E-state index in [1.807, 2.05) is 18.2 Å². The summed E-state index contributed by atoms with van der Waals surface area (Å²) in [6.07, 6.45) is 1.64. The number of nitrogens with two attached hydrogens (primary N) is 1. The van der Waals surface area contributed by atoms with Crippen LogP contribution in [0.25, 0.3) is 11.0 Å². The van der Waals surface area contributed by atoms with Crippen LogP contribution in [0.5, 0.6) is 5.75 Å². The Balaban J connectivity index is 2.48. The normalized spacial score (nSPS) is 10.7. The topological polar surface area (TPSA) is 57.6 Å². The summed E-state index contributed by atoms with van der Waals surface area (Å²) in [7, 11) is 1.62. The lowest BCUT2D eigenvalue weighted by Crippen LogP contribution is -1.97. The van der Waals surface area contributed by atoms with Crippen molar-refractivity contribution in [3.05, 3.63) is 30.0 Å². The highest BCUT2D eigenvalue weighted by atomic mass is 16.6. The number of rotatable bonds is 3. The van der Waals surface area contributed by atoms with E-state index in [1.165, 1.54) is 0 Å². The van der Waals surface area contributed by atoms with E-state index in [2.05, 4.69) is 4.84 Å². The molecule has 0 fully saturated rings. The number of fused-ring (bicyclic) bond motifs is 1. The highest BCUT2D eigenvalue weighted by molar-refractivity contribution is 5.82. The fourth-order valence-electron chi connectivity index (χ4n) is 1.39. The number of hydrogen-bond acceptors (Lipinski definition) is 4. The van der Waals surface area contributed by atoms with E-state index < -0.39 is 0 Å². The first-order valence-electron chi connectivity index (χ1n) is 4.21. The summed E-state index contributed by atoms with van der Waals surface area (Å²) in [6.45, 7) is 0.347. The number of ether oxygens (including phenoxy) is 1. The predicted molar refractivity (Wildman–Crippen MR) is 51.7 cm³/mol. The first-order chi connectivity index (χ1) is 6.85. The van der Waals surface area contributed by atoms with E-state index in [4.69, 9.17) is 15.1 Å². The first-order valence-corrected chi connectivity index (χ1v) is 4.21. The van der Waals surface area contributed by atoms with Crippen LogP contribution in [-0.2, 0) is 11.4 Å². The molecule has 0 spiro atoms. The maximum atomic E-state index is 5.33. The molecule has 1 heterocycles. The maximum Gasteiger partial charge on any atom is 0.137 e. The number of hydrogen-bond donors (Lipinski definition) is 1. The van der Waals surface area contributed by atoms with Crippen molar-refractivity contribution in [2.24, 2.45) is 5.90 Å². The van der Waals surface area contributed by atoms with Gasteiger partial charge in [0.2, 0.25) is 0 Å². The van der Waals surface area contributed by atoms with Crippen LogP contribution in [0.4, 0.5) is 0 Å². The zero-order valence-electron chi connectivity index (χ0n) is 7.82. The van der Waals surface area contributed by atoms with Gasteiger partial charge < -0.3 is 9.15 Å². The average Bonchev–Trinajstić information content (AvgIpc) is 2.61. The maximum absolute atomic E-state index is 5.33. The molecule has 0 atom stereocenters. The van der Waals surface area contributed by atoms with Crippen LogP contribution in [-0.4, -0.2) is 7.11 Å². The fraction of sp³-hybridized carbons (Fsp3) is 0.200.